The first-order chi connectivity index (χ1) is 15.1. The van der Waals surface area contributed by atoms with Crippen molar-refractivity contribution in [2.75, 3.05) is 13.2 Å². The molecule has 2 aliphatic rings. The molecule has 2 aromatic carbocycles. The monoisotopic (exact) mass is 414 g/mol. The lowest BCUT2D eigenvalue weighted by atomic mass is 9.95. The molecule has 2 saturated heterocycles. The highest BCUT2D eigenvalue weighted by Gasteiger charge is 2.56. The molecule has 0 N–H and O–H groups in total. The molecule has 4 unspecified atom stereocenters. The first-order valence-corrected chi connectivity index (χ1v) is 10.7. The molecule has 0 amide bonds. The van der Waals surface area contributed by atoms with Crippen molar-refractivity contribution in [3.8, 4) is 0 Å². The summed E-state index contributed by atoms with van der Waals surface area (Å²) in [6.45, 7) is 16.6. The summed E-state index contributed by atoms with van der Waals surface area (Å²) in [6.07, 6.45) is 9.11. The van der Waals surface area contributed by atoms with Gasteiger partial charge in [0.1, 0.15) is 23.4 Å². The van der Waals surface area contributed by atoms with Crippen LogP contribution in [0.25, 0.3) is 12.2 Å². The Labute approximate surface area is 185 Å². The summed E-state index contributed by atoms with van der Waals surface area (Å²) < 4.78 is 17.9. The van der Waals surface area contributed by atoms with E-state index in [-0.39, 0.29) is 23.4 Å². The lowest BCUT2D eigenvalue weighted by molar-refractivity contribution is 0.101. The smallest absolute Gasteiger partial charge is 0.119 e. The first kappa shape index (κ1) is 21.5. The van der Waals surface area contributed by atoms with Crippen molar-refractivity contribution in [1.82, 2.24) is 0 Å². The van der Waals surface area contributed by atoms with Crippen LogP contribution in [0, 0.1) is 0 Å². The number of rotatable bonds is 12. The summed E-state index contributed by atoms with van der Waals surface area (Å²) >= 11 is 0. The van der Waals surface area contributed by atoms with E-state index in [9.17, 15) is 0 Å². The zero-order valence-corrected chi connectivity index (χ0v) is 18.0. The highest BCUT2D eigenvalue weighted by atomic mass is 16.7. The highest BCUT2D eigenvalue weighted by Crippen LogP contribution is 2.43. The molecule has 3 nitrogen and oxygen atoms in total. The second-order valence-electron chi connectivity index (χ2n) is 8.31. The van der Waals surface area contributed by atoms with Gasteiger partial charge in [0.05, 0.1) is 13.2 Å². The van der Waals surface area contributed by atoms with Gasteiger partial charge in [-0.15, -0.1) is 13.2 Å². The van der Waals surface area contributed by atoms with E-state index in [1.807, 2.05) is 24.3 Å². The maximum absolute atomic E-state index is 5.98. The van der Waals surface area contributed by atoms with Gasteiger partial charge in [-0.05, 0) is 22.3 Å². The normalized spacial score (nSPS) is 28.5. The second-order valence-corrected chi connectivity index (χ2v) is 8.31. The van der Waals surface area contributed by atoms with Crippen LogP contribution in [0.5, 0.6) is 0 Å². The van der Waals surface area contributed by atoms with Gasteiger partial charge in [0.2, 0.25) is 0 Å². The van der Waals surface area contributed by atoms with Crippen LogP contribution < -0.4 is 0 Å². The van der Waals surface area contributed by atoms with Gasteiger partial charge in [-0.25, -0.2) is 0 Å². The third kappa shape index (κ3) is 4.64. The molecular formula is C28H30O3. The van der Waals surface area contributed by atoms with Crippen LogP contribution >= 0.6 is 0 Å². The number of hydrogen-bond donors (Lipinski definition) is 0. The Morgan fingerprint density at radius 1 is 0.677 bits per heavy atom. The molecule has 2 heterocycles. The van der Waals surface area contributed by atoms with Gasteiger partial charge in [-0.1, -0.05) is 86.0 Å². The Bertz CT molecular complexity index is 879. The minimum atomic E-state index is -0.345. The van der Waals surface area contributed by atoms with Gasteiger partial charge >= 0.3 is 0 Å². The maximum atomic E-state index is 5.98. The lowest BCUT2D eigenvalue weighted by Crippen LogP contribution is -2.22. The Hall–Kier alpha value is -2.72. The Morgan fingerprint density at radius 2 is 1.06 bits per heavy atom. The van der Waals surface area contributed by atoms with Crippen molar-refractivity contribution >= 4 is 12.2 Å². The largest absolute Gasteiger partial charge is 0.376 e. The van der Waals surface area contributed by atoms with Gasteiger partial charge in [0.15, 0.2) is 0 Å². The number of ether oxygens (including phenoxy) is 3. The summed E-state index contributed by atoms with van der Waals surface area (Å²) in [7, 11) is 0. The van der Waals surface area contributed by atoms with Crippen molar-refractivity contribution in [2.24, 2.45) is 0 Å². The van der Waals surface area contributed by atoms with Crippen molar-refractivity contribution in [2.45, 2.75) is 36.3 Å². The van der Waals surface area contributed by atoms with Crippen molar-refractivity contribution in [3.63, 3.8) is 0 Å². The fourth-order valence-electron chi connectivity index (χ4n) is 4.09. The molecule has 4 rings (SSSR count). The van der Waals surface area contributed by atoms with Gasteiger partial charge in [-0.2, -0.15) is 0 Å². The first-order valence-electron chi connectivity index (χ1n) is 10.7. The molecule has 0 aromatic heterocycles. The molecule has 0 bridgehead atoms. The zero-order valence-electron chi connectivity index (χ0n) is 18.0. The predicted octanol–water partition coefficient (Wildman–Crippen LogP) is 5.42. The third-order valence-corrected chi connectivity index (χ3v) is 6.32. The SMILES string of the molecule is C=Cc1ccc(CC2(C=C)OC2COCC2OC2(C=C)Cc2ccc(C=C)cc2)cc1. The van der Waals surface area contributed by atoms with E-state index in [1.165, 1.54) is 11.1 Å². The molecule has 3 heteroatoms. The molecule has 2 fully saturated rings. The van der Waals surface area contributed by atoms with Crippen LogP contribution in [0.1, 0.15) is 22.3 Å². The highest BCUT2D eigenvalue weighted by molar-refractivity contribution is 5.48. The van der Waals surface area contributed by atoms with Crippen LogP contribution in [-0.4, -0.2) is 36.6 Å². The average molecular weight is 415 g/mol. The average Bonchev–Trinajstić information content (AvgIpc) is 3.70. The van der Waals surface area contributed by atoms with E-state index in [2.05, 4.69) is 74.8 Å². The van der Waals surface area contributed by atoms with E-state index >= 15 is 0 Å². The van der Waals surface area contributed by atoms with Crippen molar-refractivity contribution in [3.05, 3.63) is 109 Å². The fourth-order valence-corrected chi connectivity index (χ4v) is 4.09. The molecular weight excluding hydrogens is 384 g/mol. The Balaban J connectivity index is 1.25. The van der Waals surface area contributed by atoms with Crippen LogP contribution in [0.4, 0.5) is 0 Å². The fraction of sp³-hybridized carbons (Fsp3) is 0.286. The Morgan fingerprint density at radius 3 is 1.39 bits per heavy atom. The van der Waals surface area contributed by atoms with Crippen LogP contribution in [0.15, 0.2) is 87.0 Å². The molecule has 0 aliphatic carbocycles. The summed E-state index contributed by atoms with van der Waals surface area (Å²) in [4.78, 5) is 0. The van der Waals surface area contributed by atoms with Crippen LogP contribution in [0.2, 0.25) is 0 Å². The summed E-state index contributed by atoms with van der Waals surface area (Å²) in [5.74, 6) is 0. The van der Waals surface area contributed by atoms with Crippen molar-refractivity contribution < 1.29 is 14.2 Å². The number of benzene rings is 2. The maximum Gasteiger partial charge on any atom is 0.119 e. The predicted molar refractivity (Wildman–Crippen MR) is 127 cm³/mol. The molecule has 160 valence electrons. The minimum Gasteiger partial charge on any atom is -0.376 e. The van der Waals surface area contributed by atoms with Crippen LogP contribution in [0.3, 0.4) is 0 Å². The molecule has 0 spiro atoms. The second kappa shape index (κ2) is 8.80. The van der Waals surface area contributed by atoms with Crippen LogP contribution in [-0.2, 0) is 27.1 Å². The topological polar surface area (TPSA) is 34.3 Å². The molecule has 0 saturated carbocycles. The van der Waals surface area contributed by atoms with Gasteiger partial charge in [0, 0.05) is 12.8 Å². The number of epoxide rings is 2. The summed E-state index contributed by atoms with van der Waals surface area (Å²) in [5.41, 5.74) is 3.96. The molecule has 4 atom stereocenters. The minimum absolute atomic E-state index is 0.0207. The van der Waals surface area contributed by atoms with Gasteiger partial charge in [-0.3, -0.25) is 0 Å². The Kier molecular flexibility index (Phi) is 6.10. The van der Waals surface area contributed by atoms with E-state index in [0.717, 1.165) is 24.0 Å². The zero-order chi connectivity index (χ0) is 21.9. The van der Waals surface area contributed by atoms with Crippen molar-refractivity contribution in [1.29, 1.82) is 0 Å². The van der Waals surface area contributed by atoms with E-state index < -0.39 is 0 Å². The van der Waals surface area contributed by atoms with E-state index in [4.69, 9.17) is 14.2 Å². The molecule has 2 aromatic rings. The molecule has 2 aliphatic heterocycles. The molecule has 0 radical (unpaired) electrons. The third-order valence-electron chi connectivity index (χ3n) is 6.32. The summed E-state index contributed by atoms with van der Waals surface area (Å²) in [6, 6.07) is 16.7. The number of hydrogen-bond acceptors (Lipinski definition) is 3. The van der Waals surface area contributed by atoms with E-state index in [0.29, 0.717) is 13.2 Å². The lowest BCUT2D eigenvalue weighted by Gasteiger charge is -2.10. The quantitative estimate of drug-likeness (QED) is 0.343. The van der Waals surface area contributed by atoms with Gasteiger partial charge in [0.25, 0.3) is 0 Å². The van der Waals surface area contributed by atoms with E-state index in [1.54, 1.807) is 0 Å². The van der Waals surface area contributed by atoms with Gasteiger partial charge < -0.3 is 14.2 Å². The molecule has 31 heavy (non-hydrogen) atoms. The summed E-state index contributed by atoms with van der Waals surface area (Å²) in [5, 5.41) is 0. The standard InChI is InChI=1S/C28H30O3/c1-5-21-9-13-23(14-10-21)17-27(7-3)25(30-27)19-29-20-26-28(8-4,31-26)18-24-15-11-22(6-2)12-16-24/h5-16,25-26H,1-4,17-20H2.